The number of unbranched alkanes of at least 4 members (excludes halogenated alkanes) is 1. The molecule has 1 aromatic rings. The van der Waals surface area contributed by atoms with Gasteiger partial charge in [-0.15, -0.1) is 0 Å². The molecule has 100 valence electrons. The van der Waals surface area contributed by atoms with Crippen LogP contribution in [0.15, 0.2) is 24.3 Å². The largest absolute Gasteiger partial charge is 0.478 e. The van der Waals surface area contributed by atoms with E-state index in [0.29, 0.717) is 5.56 Å². The van der Waals surface area contributed by atoms with E-state index < -0.39 is 5.97 Å². The van der Waals surface area contributed by atoms with Crippen LogP contribution in [0.3, 0.4) is 0 Å². The first-order valence-electron chi connectivity index (χ1n) is 6.39. The zero-order valence-electron chi connectivity index (χ0n) is 10.8. The molecule has 18 heavy (non-hydrogen) atoms. The Hall–Kier alpha value is -1.55. The molecule has 0 unspecified atom stereocenters. The predicted molar refractivity (Wildman–Crippen MR) is 72.2 cm³/mol. The third-order valence-electron chi connectivity index (χ3n) is 2.57. The summed E-state index contributed by atoms with van der Waals surface area (Å²) in [5.41, 5.74) is 1.25. The SMILES string of the molecule is CCCCOCCCNc1ccc(C(=O)O)cc1. The van der Waals surface area contributed by atoms with Gasteiger partial charge in [0.25, 0.3) is 0 Å². The van der Waals surface area contributed by atoms with Crippen LogP contribution < -0.4 is 5.32 Å². The molecule has 2 N–H and O–H groups in total. The number of ether oxygens (including phenoxy) is 1. The molecule has 0 saturated heterocycles. The molecule has 4 heteroatoms. The zero-order valence-corrected chi connectivity index (χ0v) is 10.8. The number of carboxylic acid groups (broad SMARTS) is 1. The lowest BCUT2D eigenvalue weighted by Gasteiger charge is -2.07. The van der Waals surface area contributed by atoms with E-state index in [1.807, 2.05) is 0 Å². The van der Waals surface area contributed by atoms with Gasteiger partial charge < -0.3 is 15.2 Å². The Morgan fingerprint density at radius 1 is 1.22 bits per heavy atom. The van der Waals surface area contributed by atoms with E-state index in [4.69, 9.17) is 9.84 Å². The van der Waals surface area contributed by atoms with Gasteiger partial charge in [0, 0.05) is 25.4 Å². The van der Waals surface area contributed by atoms with Crippen molar-refractivity contribution in [3.05, 3.63) is 29.8 Å². The van der Waals surface area contributed by atoms with Crippen molar-refractivity contribution in [2.45, 2.75) is 26.2 Å². The molecule has 1 aromatic carbocycles. The van der Waals surface area contributed by atoms with Gasteiger partial charge in [-0.3, -0.25) is 0 Å². The molecular weight excluding hydrogens is 230 g/mol. The molecule has 4 nitrogen and oxygen atoms in total. The average molecular weight is 251 g/mol. The molecule has 0 spiro atoms. The quantitative estimate of drug-likeness (QED) is 0.662. The molecule has 0 radical (unpaired) electrons. The lowest BCUT2D eigenvalue weighted by atomic mass is 10.2. The normalized spacial score (nSPS) is 10.3. The summed E-state index contributed by atoms with van der Waals surface area (Å²) in [6, 6.07) is 6.76. The van der Waals surface area contributed by atoms with E-state index in [1.54, 1.807) is 24.3 Å². The van der Waals surface area contributed by atoms with Gasteiger partial charge in [-0.05, 0) is 37.1 Å². The van der Waals surface area contributed by atoms with Gasteiger partial charge in [0.1, 0.15) is 0 Å². The van der Waals surface area contributed by atoms with Crippen LogP contribution in [-0.4, -0.2) is 30.8 Å². The summed E-state index contributed by atoms with van der Waals surface area (Å²) in [5.74, 6) is -0.897. The van der Waals surface area contributed by atoms with Gasteiger partial charge >= 0.3 is 5.97 Å². The second-order valence-electron chi connectivity index (χ2n) is 4.13. The Balaban J connectivity index is 2.14. The lowest BCUT2D eigenvalue weighted by Crippen LogP contribution is -2.06. The Morgan fingerprint density at radius 3 is 2.50 bits per heavy atom. The van der Waals surface area contributed by atoms with E-state index in [1.165, 1.54) is 0 Å². The fourth-order valence-electron chi connectivity index (χ4n) is 1.49. The van der Waals surface area contributed by atoms with Gasteiger partial charge in [0.15, 0.2) is 0 Å². The number of aromatic carboxylic acids is 1. The molecule has 0 amide bonds. The number of hydrogen-bond donors (Lipinski definition) is 2. The van der Waals surface area contributed by atoms with Gasteiger partial charge in [0.05, 0.1) is 5.56 Å². The lowest BCUT2D eigenvalue weighted by molar-refractivity contribution is 0.0697. The summed E-state index contributed by atoms with van der Waals surface area (Å²) in [6.07, 6.45) is 3.22. The molecule has 0 aliphatic rings. The monoisotopic (exact) mass is 251 g/mol. The van der Waals surface area contributed by atoms with Crippen molar-refractivity contribution in [3.63, 3.8) is 0 Å². The Labute approximate surface area is 108 Å². The second-order valence-corrected chi connectivity index (χ2v) is 4.13. The molecule has 0 atom stereocenters. The van der Waals surface area contributed by atoms with Crippen molar-refractivity contribution in [1.82, 2.24) is 0 Å². The van der Waals surface area contributed by atoms with Gasteiger partial charge in [-0.2, -0.15) is 0 Å². The van der Waals surface area contributed by atoms with Crippen LogP contribution in [0.2, 0.25) is 0 Å². The first kappa shape index (κ1) is 14.5. The number of hydrogen-bond acceptors (Lipinski definition) is 3. The standard InChI is InChI=1S/C14H21NO3/c1-2-3-10-18-11-4-9-15-13-7-5-12(6-8-13)14(16)17/h5-8,15H,2-4,9-11H2,1H3,(H,16,17). The summed E-state index contributed by atoms with van der Waals surface area (Å²) in [7, 11) is 0. The van der Waals surface area contributed by atoms with Crippen molar-refractivity contribution in [2.75, 3.05) is 25.1 Å². The summed E-state index contributed by atoms with van der Waals surface area (Å²) < 4.78 is 5.44. The number of nitrogens with one attached hydrogen (secondary N) is 1. The number of carboxylic acids is 1. The maximum atomic E-state index is 10.7. The third-order valence-corrected chi connectivity index (χ3v) is 2.57. The Kier molecular flexibility index (Phi) is 6.87. The topological polar surface area (TPSA) is 58.6 Å². The van der Waals surface area contributed by atoms with E-state index in [9.17, 15) is 4.79 Å². The second kappa shape index (κ2) is 8.53. The summed E-state index contributed by atoms with van der Waals surface area (Å²) in [4.78, 5) is 10.7. The van der Waals surface area contributed by atoms with Crippen LogP contribution >= 0.6 is 0 Å². The summed E-state index contributed by atoms with van der Waals surface area (Å²) in [6.45, 7) is 4.58. The van der Waals surface area contributed by atoms with Crippen LogP contribution in [0.1, 0.15) is 36.5 Å². The minimum absolute atomic E-state index is 0.309. The molecule has 0 aromatic heterocycles. The minimum Gasteiger partial charge on any atom is -0.478 e. The fraction of sp³-hybridized carbons (Fsp3) is 0.500. The molecule has 0 aliphatic heterocycles. The Bertz CT molecular complexity index is 349. The number of benzene rings is 1. The molecular formula is C14H21NO3. The smallest absolute Gasteiger partial charge is 0.335 e. The van der Waals surface area contributed by atoms with E-state index in [2.05, 4.69) is 12.2 Å². The van der Waals surface area contributed by atoms with E-state index >= 15 is 0 Å². The van der Waals surface area contributed by atoms with Crippen molar-refractivity contribution < 1.29 is 14.6 Å². The number of carbonyl (C=O) groups is 1. The van der Waals surface area contributed by atoms with Gasteiger partial charge in [0.2, 0.25) is 0 Å². The molecule has 0 heterocycles. The molecule has 0 fully saturated rings. The zero-order chi connectivity index (χ0) is 13.2. The van der Waals surface area contributed by atoms with Crippen molar-refractivity contribution in [2.24, 2.45) is 0 Å². The fourth-order valence-corrected chi connectivity index (χ4v) is 1.49. The first-order valence-corrected chi connectivity index (χ1v) is 6.39. The van der Waals surface area contributed by atoms with E-state index in [-0.39, 0.29) is 0 Å². The van der Waals surface area contributed by atoms with Crippen molar-refractivity contribution in [1.29, 1.82) is 0 Å². The maximum absolute atomic E-state index is 10.7. The molecule has 0 bridgehead atoms. The van der Waals surface area contributed by atoms with Gasteiger partial charge in [-0.1, -0.05) is 13.3 Å². The average Bonchev–Trinajstić information content (AvgIpc) is 2.38. The van der Waals surface area contributed by atoms with Crippen LogP contribution in [-0.2, 0) is 4.74 Å². The highest BCUT2D eigenvalue weighted by Gasteiger charge is 2.00. The van der Waals surface area contributed by atoms with Crippen LogP contribution in [0.25, 0.3) is 0 Å². The van der Waals surface area contributed by atoms with Crippen molar-refractivity contribution in [3.8, 4) is 0 Å². The van der Waals surface area contributed by atoms with Crippen LogP contribution in [0.4, 0.5) is 5.69 Å². The highest BCUT2D eigenvalue weighted by Crippen LogP contribution is 2.09. The number of rotatable bonds is 9. The first-order chi connectivity index (χ1) is 8.74. The molecule has 0 aliphatic carbocycles. The van der Waals surface area contributed by atoms with E-state index in [0.717, 1.165) is 44.7 Å². The van der Waals surface area contributed by atoms with Crippen LogP contribution in [0.5, 0.6) is 0 Å². The Morgan fingerprint density at radius 2 is 1.89 bits per heavy atom. The highest BCUT2D eigenvalue weighted by atomic mass is 16.5. The van der Waals surface area contributed by atoms with Gasteiger partial charge in [-0.25, -0.2) is 4.79 Å². The predicted octanol–water partition coefficient (Wildman–Crippen LogP) is 3.00. The summed E-state index contributed by atoms with van der Waals surface area (Å²) >= 11 is 0. The highest BCUT2D eigenvalue weighted by molar-refractivity contribution is 5.87. The summed E-state index contributed by atoms with van der Waals surface area (Å²) in [5, 5.41) is 12.0. The molecule has 0 saturated carbocycles. The third kappa shape index (κ3) is 5.68. The number of anilines is 1. The van der Waals surface area contributed by atoms with Crippen LogP contribution in [0, 0.1) is 0 Å². The maximum Gasteiger partial charge on any atom is 0.335 e. The van der Waals surface area contributed by atoms with Crippen molar-refractivity contribution >= 4 is 11.7 Å². The molecule has 1 rings (SSSR count). The minimum atomic E-state index is -0.897.